The summed E-state index contributed by atoms with van der Waals surface area (Å²) in [6, 6.07) is 2.67. The highest BCUT2D eigenvalue weighted by Gasteiger charge is 2.31. The predicted molar refractivity (Wildman–Crippen MR) is 104 cm³/mol. The van der Waals surface area contributed by atoms with Crippen molar-refractivity contribution in [2.45, 2.75) is 13.0 Å². The number of furan rings is 1. The Kier molecular flexibility index (Phi) is 4.92. The van der Waals surface area contributed by atoms with Crippen molar-refractivity contribution >= 4 is 61.9 Å². The largest absolute Gasteiger partial charge is 0.506 e. The Morgan fingerprint density at radius 1 is 1.04 bits per heavy atom. The van der Waals surface area contributed by atoms with Crippen molar-refractivity contribution in [3.63, 3.8) is 0 Å². The molecule has 1 atom stereocenters. The highest BCUT2D eigenvalue weighted by Crippen LogP contribution is 2.45. The van der Waals surface area contributed by atoms with Gasteiger partial charge in [-0.1, -0.05) is 0 Å². The molecule has 1 heterocycles. The zero-order chi connectivity index (χ0) is 20.2. The number of aromatic hydroxyl groups is 4. The van der Waals surface area contributed by atoms with Crippen LogP contribution in [0.25, 0.3) is 11.0 Å². The van der Waals surface area contributed by atoms with Gasteiger partial charge in [0, 0.05) is 5.56 Å². The van der Waals surface area contributed by atoms with Crippen molar-refractivity contribution in [3.05, 3.63) is 38.0 Å². The van der Waals surface area contributed by atoms with E-state index in [4.69, 9.17) is 12.3 Å². The number of ketones is 1. The molecule has 2 aromatic carbocycles. The summed E-state index contributed by atoms with van der Waals surface area (Å²) in [5.41, 5.74) is -1.06. The van der Waals surface area contributed by atoms with Crippen LogP contribution in [0.1, 0.15) is 34.7 Å². The van der Waals surface area contributed by atoms with Gasteiger partial charge in [0.1, 0.15) is 25.5 Å². The molecule has 0 amide bonds. The summed E-state index contributed by atoms with van der Waals surface area (Å²) in [5, 5.41) is 49.9. The number of rotatable bonds is 3. The molecule has 7 nitrogen and oxygen atoms in total. The molecule has 3 aromatic rings. The van der Waals surface area contributed by atoms with Crippen molar-refractivity contribution in [3.8, 4) is 23.0 Å². The molecular weight excluding hydrogens is 487 g/mol. The molecule has 0 bridgehead atoms. The summed E-state index contributed by atoms with van der Waals surface area (Å²) in [7, 11) is 5.52. The maximum absolute atomic E-state index is 13.1. The van der Waals surface area contributed by atoms with Crippen LogP contribution >= 0.6 is 31.9 Å². The number of hydrogen-bond donors (Lipinski definition) is 5. The molecule has 3 rings (SSSR count). The van der Waals surface area contributed by atoms with Gasteiger partial charge in [-0.2, -0.15) is 0 Å². The molecule has 0 fully saturated rings. The van der Waals surface area contributed by atoms with Gasteiger partial charge >= 0.3 is 0 Å². The lowest BCUT2D eigenvalue weighted by Crippen LogP contribution is -2.07. The minimum Gasteiger partial charge on any atom is -0.506 e. The van der Waals surface area contributed by atoms with Crippen molar-refractivity contribution in [1.82, 2.24) is 0 Å². The highest BCUT2D eigenvalue weighted by atomic mass is 79.9. The van der Waals surface area contributed by atoms with E-state index in [1.165, 1.54) is 19.1 Å². The Bertz CT molecular complexity index is 1080. The van der Waals surface area contributed by atoms with Gasteiger partial charge in [-0.05, 0) is 56.4 Å². The fourth-order valence-corrected chi connectivity index (χ4v) is 3.87. The third-order valence-electron chi connectivity index (χ3n) is 4.01. The quantitative estimate of drug-likeness (QED) is 0.163. The first-order valence-electron chi connectivity index (χ1n) is 7.45. The summed E-state index contributed by atoms with van der Waals surface area (Å²) in [4.78, 5) is 13.1. The molecule has 138 valence electrons. The van der Waals surface area contributed by atoms with E-state index in [-0.39, 0.29) is 42.6 Å². The molecule has 27 heavy (non-hydrogen) atoms. The molecule has 0 saturated heterocycles. The van der Waals surface area contributed by atoms with Gasteiger partial charge in [-0.15, -0.1) is 0 Å². The second-order valence-electron chi connectivity index (χ2n) is 5.80. The summed E-state index contributed by atoms with van der Waals surface area (Å²) >= 11 is 6.24. The Morgan fingerprint density at radius 3 is 2.11 bits per heavy atom. The smallest absolute Gasteiger partial charge is 0.197 e. The molecule has 2 radical (unpaired) electrons. The maximum Gasteiger partial charge on any atom is 0.197 e. The number of aliphatic hydroxyl groups excluding tert-OH is 1. The second kappa shape index (κ2) is 6.77. The lowest BCUT2D eigenvalue weighted by molar-refractivity contribution is 0.102. The van der Waals surface area contributed by atoms with E-state index < -0.39 is 34.6 Å². The number of aliphatic hydroxyl groups is 1. The van der Waals surface area contributed by atoms with Crippen molar-refractivity contribution in [2.24, 2.45) is 0 Å². The lowest BCUT2D eigenvalue weighted by atomic mass is 9.90. The number of phenols is 4. The third-order valence-corrected chi connectivity index (χ3v) is 5.22. The summed E-state index contributed by atoms with van der Waals surface area (Å²) in [5.74, 6) is -3.30. The molecule has 10 heteroatoms. The van der Waals surface area contributed by atoms with Crippen LogP contribution < -0.4 is 5.46 Å². The molecule has 1 aromatic heterocycles. The minimum atomic E-state index is -1.28. The van der Waals surface area contributed by atoms with Gasteiger partial charge in [0.05, 0.1) is 19.9 Å². The number of benzene rings is 2. The molecule has 0 saturated carbocycles. The van der Waals surface area contributed by atoms with Gasteiger partial charge in [0.15, 0.2) is 28.6 Å². The number of carbonyl (C=O) groups excluding carboxylic acids is 1. The zero-order valence-electron chi connectivity index (χ0n) is 13.6. The lowest BCUT2D eigenvalue weighted by Gasteiger charge is -2.09. The van der Waals surface area contributed by atoms with E-state index in [9.17, 15) is 30.3 Å². The molecule has 1 unspecified atom stereocenters. The number of hydrogen-bond acceptors (Lipinski definition) is 7. The van der Waals surface area contributed by atoms with Gasteiger partial charge in [0.2, 0.25) is 0 Å². The highest BCUT2D eigenvalue weighted by molar-refractivity contribution is 9.11. The maximum atomic E-state index is 13.1. The second-order valence-corrected chi connectivity index (χ2v) is 7.51. The van der Waals surface area contributed by atoms with Crippen molar-refractivity contribution in [1.29, 1.82) is 0 Å². The third kappa shape index (κ3) is 2.97. The van der Waals surface area contributed by atoms with E-state index in [1.807, 2.05) is 0 Å². The van der Waals surface area contributed by atoms with Crippen LogP contribution in [-0.2, 0) is 0 Å². The number of halogens is 2. The summed E-state index contributed by atoms with van der Waals surface area (Å²) in [6.07, 6.45) is -1.28. The van der Waals surface area contributed by atoms with Crippen LogP contribution in [0.15, 0.2) is 25.5 Å². The summed E-state index contributed by atoms with van der Waals surface area (Å²) < 4.78 is 5.85. The van der Waals surface area contributed by atoms with Crippen molar-refractivity contribution in [2.75, 3.05) is 0 Å². The average Bonchev–Trinajstić information content (AvgIpc) is 3.02. The van der Waals surface area contributed by atoms with Gasteiger partial charge in [0.25, 0.3) is 0 Å². The Hall–Kier alpha value is -2.17. The zero-order valence-corrected chi connectivity index (χ0v) is 16.8. The first-order valence-corrected chi connectivity index (χ1v) is 9.04. The van der Waals surface area contributed by atoms with Crippen LogP contribution in [0, 0.1) is 0 Å². The van der Waals surface area contributed by atoms with Gasteiger partial charge in [-0.25, -0.2) is 0 Å². The van der Waals surface area contributed by atoms with E-state index in [1.54, 1.807) is 0 Å². The van der Waals surface area contributed by atoms with Gasteiger partial charge < -0.3 is 29.9 Å². The predicted octanol–water partition coefficient (Wildman–Crippen LogP) is 2.86. The monoisotopic (exact) mass is 496 g/mol. The number of carbonyl (C=O) groups is 1. The molecule has 5 N–H and O–H groups in total. The minimum absolute atomic E-state index is 0.0753. The van der Waals surface area contributed by atoms with Crippen molar-refractivity contribution < 1.29 is 34.7 Å². The molecule has 0 aliphatic heterocycles. The van der Waals surface area contributed by atoms with E-state index >= 15 is 0 Å². The number of fused-ring (bicyclic) bond motifs is 1. The van der Waals surface area contributed by atoms with E-state index in [0.29, 0.717) is 0 Å². The fraction of sp³-hybridized carbons (Fsp3) is 0.118. The SMILES string of the molecule is [B]c1c(O)c(O)c2c(C(=O)c3cc(Br)c(O)c(Br)c3)c(C(C)O)oc2c1O. The molecular formula is C17H11BBr2O7. The van der Waals surface area contributed by atoms with Crippen LogP contribution in [0.4, 0.5) is 0 Å². The fourth-order valence-electron chi connectivity index (χ4n) is 2.68. The Balaban J connectivity index is 2.40. The normalized spacial score (nSPS) is 12.4. The standard InChI is InChI=1S/C17H11BBr2O7/c1-4(21)16-8(11(22)5-2-6(19)12(23)7(20)3-5)9-13(24)14(25)10(18)15(26)17(9)27-16/h2-4,21,23-26H,1H3. The molecule has 0 aliphatic rings. The van der Waals surface area contributed by atoms with E-state index in [0.717, 1.165) is 0 Å². The molecule has 0 spiro atoms. The van der Waals surface area contributed by atoms with E-state index in [2.05, 4.69) is 31.9 Å². The van der Waals surface area contributed by atoms with Crippen LogP contribution in [0.3, 0.4) is 0 Å². The Morgan fingerprint density at radius 2 is 1.59 bits per heavy atom. The topological polar surface area (TPSA) is 131 Å². The van der Waals surface area contributed by atoms with Crippen LogP contribution in [-0.4, -0.2) is 39.2 Å². The molecule has 0 aliphatic carbocycles. The first kappa shape index (κ1) is 19.6. The first-order chi connectivity index (χ1) is 12.6. The summed E-state index contributed by atoms with van der Waals surface area (Å²) in [6.45, 7) is 1.33. The van der Waals surface area contributed by atoms with Crippen LogP contribution in [0.5, 0.6) is 23.0 Å². The Labute approximate surface area is 170 Å². The van der Waals surface area contributed by atoms with Crippen LogP contribution in [0.2, 0.25) is 0 Å². The average molecular weight is 498 g/mol. The number of phenolic OH excluding ortho intramolecular Hbond substituents is 4. The van der Waals surface area contributed by atoms with Gasteiger partial charge in [-0.3, -0.25) is 4.79 Å².